The normalized spacial score (nSPS) is 11.8. The number of esters is 1. The van der Waals surface area contributed by atoms with E-state index in [1.54, 1.807) is 18.2 Å². The Kier molecular flexibility index (Phi) is 7.17. The predicted molar refractivity (Wildman–Crippen MR) is 116 cm³/mol. The monoisotopic (exact) mass is 420 g/mol. The minimum absolute atomic E-state index is 0.124. The van der Waals surface area contributed by atoms with E-state index in [9.17, 15) is 14.0 Å². The largest absolute Gasteiger partial charge is 0.493 e. The zero-order valence-corrected chi connectivity index (χ0v) is 16.8. The first-order valence-corrected chi connectivity index (χ1v) is 9.54. The van der Waals surface area contributed by atoms with Crippen molar-refractivity contribution in [3.05, 3.63) is 90.0 Å². The molecule has 0 aliphatic carbocycles. The lowest BCUT2D eigenvalue weighted by atomic mass is 9.97. The highest BCUT2D eigenvalue weighted by molar-refractivity contribution is 5.85. The van der Waals surface area contributed by atoms with Crippen LogP contribution in [0.25, 0.3) is 17.2 Å². The summed E-state index contributed by atoms with van der Waals surface area (Å²) in [6.45, 7) is -0.911. The van der Waals surface area contributed by atoms with Crippen molar-refractivity contribution in [1.29, 1.82) is 0 Å². The first-order valence-electron chi connectivity index (χ1n) is 9.54. The standard InChI is InChI=1S/C25H21FO5/c1-30-23-15-17(8-14-24(27)28)7-13-22(23)31-25(29)21(16-26)20-11-9-19(10-12-20)18-5-3-2-4-6-18/h2-15,21H,16H2,1H3,(H,27,28). The van der Waals surface area contributed by atoms with Crippen LogP contribution >= 0.6 is 0 Å². The molecule has 1 N–H and O–H groups in total. The summed E-state index contributed by atoms with van der Waals surface area (Å²) >= 11 is 0. The van der Waals surface area contributed by atoms with Gasteiger partial charge in [-0.2, -0.15) is 0 Å². The molecule has 158 valence electrons. The van der Waals surface area contributed by atoms with Crippen LogP contribution in [0.15, 0.2) is 78.9 Å². The third kappa shape index (κ3) is 5.57. The summed E-state index contributed by atoms with van der Waals surface area (Å²) in [5.74, 6) is -2.56. The highest BCUT2D eigenvalue weighted by atomic mass is 19.1. The number of hydrogen-bond acceptors (Lipinski definition) is 4. The van der Waals surface area contributed by atoms with Gasteiger partial charge in [-0.1, -0.05) is 60.7 Å². The number of ether oxygens (including phenoxy) is 2. The molecule has 6 heteroatoms. The van der Waals surface area contributed by atoms with Crippen molar-refractivity contribution in [2.45, 2.75) is 5.92 Å². The minimum atomic E-state index is -1.08. The Bertz CT molecular complexity index is 1070. The van der Waals surface area contributed by atoms with Crippen LogP contribution < -0.4 is 9.47 Å². The Morgan fingerprint density at radius 1 is 0.968 bits per heavy atom. The second-order valence-corrected chi connectivity index (χ2v) is 6.70. The first kappa shape index (κ1) is 21.8. The molecule has 0 bridgehead atoms. The smallest absolute Gasteiger partial charge is 0.328 e. The molecule has 0 aromatic heterocycles. The molecule has 3 rings (SSSR count). The third-order valence-electron chi connectivity index (χ3n) is 4.68. The molecule has 0 aliphatic heterocycles. The highest BCUT2D eigenvalue weighted by Gasteiger charge is 2.24. The molecule has 0 fully saturated rings. The number of carbonyl (C=O) groups excluding carboxylic acids is 1. The van der Waals surface area contributed by atoms with E-state index in [1.165, 1.54) is 25.3 Å². The Labute approximate surface area is 179 Å². The minimum Gasteiger partial charge on any atom is -0.493 e. The van der Waals surface area contributed by atoms with Crippen LogP contribution in [0.4, 0.5) is 4.39 Å². The lowest BCUT2D eigenvalue weighted by molar-refractivity contribution is -0.136. The van der Waals surface area contributed by atoms with Crippen molar-refractivity contribution in [3.63, 3.8) is 0 Å². The van der Waals surface area contributed by atoms with Gasteiger partial charge in [0.05, 0.1) is 7.11 Å². The second-order valence-electron chi connectivity index (χ2n) is 6.70. The topological polar surface area (TPSA) is 72.8 Å². The molecule has 0 heterocycles. The Balaban J connectivity index is 1.77. The molecule has 0 saturated carbocycles. The molecule has 5 nitrogen and oxygen atoms in total. The van der Waals surface area contributed by atoms with E-state index in [-0.39, 0.29) is 11.5 Å². The average molecular weight is 420 g/mol. The van der Waals surface area contributed by atoms with Gasteiger partial charge in [0.15, 0.2) is 11.5 Å². The fraction of sp³-hybridized carbons (Fsp3) is 0.120. The fourth-order valence-corrected chi connectivity index (χ4v) is 3.05. The van der Waals surface area contributed by atoms with Gasteiger partial charge in [-0.25, -0.2) is 9.18 Å². The lowest BCUT2D eigenvalue weighted by Crippen LogP contribution is -2.20. The zero-order valence-electron chi connectivity index (χ0n) is 16.8. The van der Waals surface area contributed by atoms with Crippen LogP contribution in [-0.4, -0.2) is 30.8 Å². The van der Waals surface area contributed by atoms with Crippen molar-refractivity contribution in [3.8, 4) is 22.6 Å². The summed E-state index contributed by atoms with van der Waals surface area (Å²) in [4.78, 5) is 23.3. The number of carboxylic acids is 1. The molecule has 0 radical (unpaired) electrons. The van der Waals surface area contributed by atoms with Gasteiger partial charge in [0.1, 0.15) is 12.6 Å². The van der Waals surface area contributed by atoms with E-state index in [1.807, 2.05) is 42.5 Å². The number of aliphatic carboxylic acids is 1. The third-order valence-corrected chi connectivity index (χ3v) is 4.68. The van der Waals surface area contributed by atoms with Crippen LogP contribution in [0.1, 0.15) is 17.0 Å². The van der Waals surface area contributed by atoms with Crippen LogP contribution in [0.2, 0.25) is 0 Å². The van der Waals surface area contributed by atoms with E-state index in [4.69, 9.17) is 14.6 Å². The van der Waals surface area contributed by atoms with Gasteiger partial charge in [-0.05, 0) is 40.5 Å². The molecule has 0 saturated heterocycles. The van der Waals surface area contributed by atoms with Gasteiger partial charge in [0.2, 0.25) is 0 Å². The van der Waals surface area contributed by atoms with Gasteiger partial charge in [0.25, 0.3) is 0 Å². The molecule has 1 unspecified atom stereocenters. The summed E-state index contributed by atoms with van der Waals surface area (Å²) in [6.07, 6.45) is 2.37. The summed E-state index contributed by atoms with van der Waals surface area (Å²) in [7, 11) is 1.40. The summed E-state index contributed by atoms with van der Waals surface area (Å²) < 4.78 is 24.4. The number of benzene rings is 3. The average Bonchev–Trinajstić information content (AvgIpc) is 2.80. The van der Waals surface area contributed by atoms with Gasteiger partial charge < -0.3 is 14.6 Å². The van der Waals surface area contributed by atoms with Gasteiger partial charge in [0, 0.05) is 6.08 Å². The predicted octanol–water partition coefficient (Wildman–Crippen LogP) is 5.12. The quantitative estimate of drug-likeness (QED) is 0.311. The summed E-state index contributed by atoms with van der Waals surface area (Å²) in [5.41, 5.74) is 3.04. The molecular weight excluding hydrogens is 399 g/mol. The number of rotatable bonds is 8. The number of carboxylic acid groups (broad SMARTS) is 1. The molecule has 3 aromatic rings. The van der Waals surface area contributed by atoms with E-state index < -0.39 is 24.5 Å². The van der Waals surface area contributed by atoms with Gasteiger partial charge in [-0.15, -0.1) is 0 Å². The van der Waals surface area contributed by atoms with E-state index >= 15 is 0 Å². The van der Waals surface area contributed by atoms with Crippen LogP contribution in [0.5, 0.6) is 11.5 Å². The van der Waals surface area contributed by atoms with Crippen molar-refractivity contribution >= 4 is 18.0 Å². The number of carbonyl (C=O) groups is 2. The maximum absolute atomic E-state index is 13.7. The van der Waals surface area contributed by atoms with Crippen molar-refractivity contribution < 1.29 is 28.6 Å². The molecular formula is C25H21FO5. The maximum Gasteiger partial charge on any atom is 0.328 e. The zero-order chi connectivity index (χ0) is 22.2. The van der Waals surface area contributed by atoms with Crippen LogP contribution in [0, 0.1) is 0 Å². The maximum atomic E-state index is 13.7. The van der Waals surface area contributed by atoms with Crippen molar-refractivity contribution in [1.82, 2.24) is 0 Å². The van der Waals surface area contributed by atoms with Crippen LogP contribution in [-0.2, 0) is 9.59 Å². The number of alkyl halides is 1. The molecule has 31 heavy (non-hydrogen) atoms. The SMILES string of the molecule is COc1cc(C=CC(=O)O)ccc1OC(=O)C(CF)c1ccc(-c2ccccc2)cc1. The number of hydrogen-bond donors (Lipinski definition) is 1. The van der Waals surface area contributed by atoms with Crippen LogP contribution in [0.3, 0.4) is 0 Å². The molecule has 0 aliphatic rings. The van der Waals surface area contributed by atoms with Gasteiger partial charge >= 0.3 is 11.9 Å². The Morgan fingerprint density at radius 3 is 2.26 bits per heavy atom. The van der Waals surface area contributed by atoms with E-state index in [2.05, 4.69) is 0 Å². The van der Waals surface area contributed by atoms with E-state index in [0.717, 1.165) is 17.2 Å². The molecule has 1 atom stereocenters. The van der Waals surface area contributed by atoms with Crippen molar-refractivity contribution in [2.75, 3.05) is 13.8 Å². The Morgan fingerprint density at radius 2 is 1.65 bits per heavy atom. The molecule has 0 spiro atoms. The number of halogens is 1. The highest BCUT2D eigenvalue weighted by Crippen LogP contribution is 2.31. The summed E-state index contributed by atoms with van der Waals surface area (Å²) in [5, 5.41) is 8.73. The van der Waals surface area contributed by atoms with Gasteiger partial charge in [-0.3, -0.25) is 4.79 Å². The molecule has 3 aromatic carbocycles. The van der Waals surface area contributed by atoms with E-state index in [0.29, 0.717) is 11.1 Å². The Hall–Kier alpha value is -3.93. The first-order chi connectivity index (χ1) is 15.0. The molecule has 0 amide bonds. The summed E-state index contributed by atoms with van der Waals surface area (Å²) in [6, 6.07) is 21.4. The lowest BCUT2D eigenvalue weighted by Gasteiger charge is -2.15. The second kappa shape index (κ2) is 10.2. The fourth-order valence-electron chi connectivity index (χ4n) is 3.05. The van der Waals surface area contributed by atoms with Crippen molar-refractivity contribution in [2.24, 2.45) is 0 Å². The number of methoxy groups -OCH3 is 1.